The van der Waals surface area contributed by atoms with E-state index < -0.39 is 0 Å². The third-order valence-electron chi connectivity index (χ3n) is 16.0. The van der Waals surface area contributed by atoms with E-state index in [4.69, 9.17) is 9.97 Å². The van der Waals surface area contributed by atoms with Crippen LogP contribution in [0.2, 0.25) is 0 Å². The summed E-state index contributed by atoms with van der Waals surface area (Å²) in [6.07, 6.45) is 1.92. The van der Waals surface area contributed by atoms with Crippen LogP contribution >= 0.6 is 0 Å². The quantitative estimate of drug-likeness (QED) is 0.172. The molecule has 15 rings (SSSR count). The van der Waals surface area contributed by atoms with Crippen LogP contribution in [0.25, 0.3) is 100 Å². The Hall–Kier alpha value is -9.64. The summed E-state index contributed by atoms with van der Waals surface area (Å²) in [4.78, 5) is 14.8. The number of hydrogen-bond acceptors (Lipinski definition) is 4. The minimum Gasteiger partial charge on any atom is -0.309 e. The smallest absolute Gasteiger partial charge is 0.159 e. The van der Waals surface area contributed by atoms with Gasteiger partial charge in [0.05, 0.1) is 28.3 Å². The second-order valence-electron chi connectivity index (χ2n) is 20.5. The summed E-state index contributed by atoms with van der Waals surface area (Å²) < 4.78 is 0. The average Bonchev–Trinajstić information content (AvgIpc) is 3.56. The molecule has 0 fully saturated rings. The SMILES string of the molecule is CC1(C)c2ccccc2-c2cc(-c3ccc(N4c5ccccc5-c5ccccc5-c5ccc(-c6ccc7c(c6)N(c6cccc(-c8ncc9ccccc9n8)c6)c6ccccc6-c6ccccc6-7)cc54)cc3)ccc21. The summed E-state index contributed by atoms with van der Waals surface area (Å²) in [6, 6.07) is 91.4. The van der Waals surface area contributed by atoms with Gasteiger partial charge in [-0.2, -0.15) is 0 Å². The van der Waals surface area contributed by atoms with Crippen LogP contribution in [0, 0.1) is 0 Å². The van der Waals surface area contributed by atoms with Crippen molar-refractivity contribution in [3.05, 3.63) is 266 Å². The lowest BCUT2D eigenvalue weighted by Gasteiger charge is -2.29. The summed E-state index contributed by atoms with van der Waals surface area (Å²) in [5.74, 6) is 0.696. The first kappa shape index (κ1) is 43.0. The molecule has 0 unspecified atom stereocenters. The minimum absolute atomic E-state index is 0.0341. The molecule has 0 bridgehead atoms. The van der Waals surface area contributed by atoms with Gasteiger partial charge < -0.3 is 9.80 Å². The second-order valence-corrected chi connectivity index (χ2v) is 20.5. The topological polar surface area (TPSA) is 32.3 Å². The fourth-order valence-electron chi connectivity index (χ4n) is 12.4. The maximum absolute atomic E-state index is 5.03. The Bertz CT molecular complexity index is 4300. The van der Waals surface area contributed by atoms with Gasteiger partial charge in [0.1, 0.15) is 0 Å². The molecule has 1 aromatic heterocycles. The van der Waals surface area contributed by atoms with Crippen molar-refractivity contribution in [2.24, 2.45) is 0 Å². The lowest BCUT2D eigenvalue weighted by atomic mass is 9.82. The van der Waals surface area contributed by atoms with E-state index in [0.29, 0.717) is 5.82 Å². The summed E-state index contributed by atoms with van der Waals surface area (Å²) in [5.41, 5.74) is 28.1. The van der Waals surface area contributed by atoms with E-state index in [0.717, 1.165) is 67.3 Å². The molecule has 75 heavy (non-hydrogen) atoms. The molecule has 0 atom stereocenters. The molecule has 0 spiro atoms. The van der Waals surface area contributed by atoms with Crippen LogP contribution in [-0.2, 0) is 5.41 Å². The summed E-state index contributed by atoms with van der Waals surface area (Å²) in [6.45, 7) is 4.69. The highest BCUT2D eigenvalue weighted by Crippen LogP contribution is 2.55. The van der Waals surface area contributed by atoms with Crippen molar-refractivity contribution in [3.63, 3.8) is 0 Å². The molecule has 2 aliphatic heterocycles. The van der Waals surface area contributed by atoms with Crippen LogP contribution in [0.4, 0.5) is 34.1 Å². The highest BCUT2D eigenvalue weighted by Gasteiger charge is 2.35. The van der Waals surface area contributed by atoms with Gasteiger partial charge in [-0.1, -0.05) is 202 Å². The Labute approximate surface area is 437 Å². The molecule has 4 nitrogen and oxygen atoms in total. The molecule has 1 aliphatic carbocycles. The normalized spacial score (nSPS) is 13.3. The Kier molecular flexibility index (Phi) is 9.58. The predicted octanol–water partition coefficient (Wildman–Crippen LogP) is 19.2. The molecular formula is C71H48N4. The van der Waals surface area contributed by atoms with E-state index in [1.807, 2.05) is 18.3 Å². The van der Waals surface area contributed by atoms with Gasteiger partial charge in [-0.25, -0.2) is 9.97 Å². The number of para-hydroxylation sites is 3. The van der Waals surface area contributed by atoms with E-state index >= 15 is 0 Å². The molecule has 0 saturated heterocycles. The van der Waals surface area contributed by atoms with E-state index in [1.165, 1.54) is 72.3 Å². The van der Waals surface area contributed by atoms with Crippen LogP contribution in [0.1, 0.15) is 25.0 Å². The Balaban J connectivity index is 0.889. The molecule has 3 heterocycles. The zero-order valence-corrected chi connectivity index (χ0v) is 41.5. The average molecular weight is 957 g/mol. The van der Waals surface area contributed by atoms with Crippen LogP contribution in [0.5, 0.6) is 0 Å². The van der Waals surface area contributed by atoms with Gasteiger partial charge in [0.25, 0.3) is 0 Å². The molecule has 352 valence electrons. The largest absolute Gasteiger partial charge is 0.309 e. The number of fused-ring (bicyclic) bond motifs is 14. The van der Waals surface area contributed by atoms with E-state index in [1.54, 1.807) is 0 Å². The first-order valence-electron chi connectivity index (χ1n) is 25.9. The Morgan fingerprint density at radius 2 is 0.787 bits per heavy atom. The predicted molar refractivity (Wildman–Crippen MR) is 312 cm³/mol. The van der Waals surface area contributed by atoms with Crippen LogP contribution in [0.3, 0.4) is 0 Å². The Morgan fingerprint density at radius 3 is 1.43 bits per heavy atom. The lowest BCUT2D eigenvalue weighted by Crippen LogP contribution is -2.14. The van der Waals surface area contributed by atoms with Gasteiger partial charge in [0.2, 0.25) is 0 Å². The second kappa shape index (κ2) is 16.7. The van der Waals surface area contributed by atoms with Gasteiger partial charge in [-0.05, 0) is 127 Å². The van der Waals surface area contributed by atoms with Crippen molar-refractivity contribution < 1.29 is 0 Å². The van der Waals surface area contributed by atoms with Crippen LogP contribution in [0.15, 0.2) is 255 Å². The summed E-state index contributed by atoms with van der Waals surface area (Å²) >= 11 is 0. The molecular weight excluding hydrogens is 909 g/mol. The Morgan fingerprint density at radius 1 is 0.307 bits per heavy atom. The van der Waals surface area contributed by atoms with Gasteiger partial charge in [-0.15, -0.1) is 0 Å². The molecule has 11 aromatic carbocycles. The lowest BCUT2D eigenvalue weighted by molar-refractivity contribution is 0.660. The van der Waals surface area contributed by atoms with Crippen LogP contribution < -0.4 is 9.80 Å². The van der Waals surface area contributed by atoms with Crippen LogP contribution in [-0.4, -0.2) is 9.97 Å². The molecule has 3 aliphatic rings. The fraction of sp³-hybridized carbons (Fsp3) is 0.0423. The number of aromatic nitrogens is 2. The first-order valence-corrected chi connectivity index (χ1v) is 25.9. The summed E-state index contributed by atoms with van der Waals surface area (Å²) in [7, 11) is 0. The van der Waals surface area contributed by atoms with Crippen molar-refractivity contribution in [2.45, 2.75) is 19.3 Å². The number of rotatable bonds is 5. The number of anilines is 6. The number of nitrogens with zero attached hydrogens (tertiary/aromatic N) is 4. The molecule has 4 heteroatoms. The number of hydrogen-bond donors (Lipinski definition) is 0. The van der Waals surface area contributed by atoms with Crippen molar-refractivity contribution >= 4 is 45.0 Å². The highest BCUT2D eigenvalue weighted by atomic mass is 15.2. The van der Waals surface area contributed by atoms with Gasteiger partial charge in [0, 0.05) is 56.2 Å². The molecule has 0 amide bonds. The minimum atomic E-state index is -0.0341. The summed E-state index contributed by atoms with van der Waals surface area (Å²) in [5, 5.41) is 1.02. The van der Waals surface area contributed by atoms with Gasteiger partial charge in [0.15, 0.2) is 5.82 Å². The monoisotopic (exact) mass is 956 g/mol. The van der Waals surface area contributed by atoms with Crippen molar-refractivity contribution in [2.75, 3.05) is 9.80 Å². The standard InChI is InChI=1S/C71H48N4/c1-71(2)63-26-11-8-23-57(63)62-41-46(34-39-64(62)71)45-30-35-51(36-31-45)74-66-28-13-9-24-58(66)53-19-4-6-21-55(53)60-37-32-47(42-68(60)74)48-33-38-61-56-22-7-5-20-54(56)59-25-10-14-29-67(59)75(69(61)43-48)52-18-15-17-49(40-52)70-72-44-50-16-3-12-27-65(50)73-70/h3-44H,1-2H3. The highest BCUT2D eigenvalue weighted by molar-refractivity contribution is 6.06. The van der Waals surface area contributed by atoms with Gasteiger partial charge in [-0.3, -0.25) is 0 Å². The first-order chi connectivity index (χ1) is 36.9. The zero-order valence-electron chi connectivity index (χ0n) is 41.5. The van der Waals surface area contributed by atoms with Crippen molar-refractivity contribution in [1.82, 2.24) is 9.97 Å². The van der Waals surface area contributed by atoms with E-state index in [9.17, 15) is 0 Å². The third kappa shape index (κ3) is 6.76. The molecule has 0 radical (unpaired) electrons. The van der Waals surface area contributed by atoms with Crippen molar-refractivity contribution in [1.29, 1.82) is 0 Å². The van der Waals surface area contributed by atoms with E-state index in [-0.39, 0.29) is 5.41 Å². The van der Waals surface area contributed by atoms with Crippen molar-refractivity contribution in [3.8, 4) is 89.3 Å². The maximum Gasteiger partial charge on any atom is 0.159 e. The fourth-order valence-corrected chi connectivity index (χ4v) is 12.4. The zero-order chi connectivity index (χ0) is 49.8. The molecule has 0 saturated carbocycles. The molecule has 12 aromatic rings. The maximum atomic E-state index is 5.03. The number of benzene rings is 11. The van der Waals surface area contributed by atoms with Gasteiger partial charge >= 0.3 is 0 Å². The molecule has 0 N–H and O–H groups in total. The third-order valence-corrected chi connectivity index (χ3v) is 16.0. The van der Waals surface area contributed by atoms with E-state index in [2.05, 4.69) is 260 Å².